The van der Waals surface area contributed by atoms with E-state index in [-0.39, 0.29) is 18.3 Å². The maximum Gasteiger partial charge on any atom is 0.259 e. The van der Waals surface area contributed by atoms with Gasteiger partial charge in [0.2, 0.25) is 0 Å². The Morgan fingerprint density at radius 3 is 2.64 bits per heavy atom. The first-order chi connectivity index (χ1) is 10.5. The lowest BCUT2D eigenvalue weighted by Crippen LogP contribution is -2.27. The van der Waals surface area contributed by atoms with Gasteiger partial charge in [0.15, 0.2) is 6.61 Å². The molecule has 0 spiro atoms. The first-order valence-corrected chi connectivity index (χ1v) is 8.00. The molecule has 0 heterocycles. The molecule has 0 N–H and O–H groups in total. The summed E-state index contributed by atoms with van der Waals surface area (Å²) in [5, 5.41) is 0. The number of likely N-dealkylation sites (N-methyl/N-ethyl adjacent to an activating group) is 1. The number of hydrogen-bond acceptors (Lipinski definition) is 3. The Bertz CT molecular complexity index is 673. The lowest BCUT2D eigenvalue weighted by atomic mass is 10.1. The quantitative estimate of drug-likeness (QED) is 0.787. The van der Waals surface area contributed by atoms with Crippen LogP contribution in [0, 0.1) is 5.82 Å². The minimum absolute atomic E-state index is 0.111. The molecule has 0 aliphatic carbocycles. The third-order valence-corrected chi connectivity index (χ3v) is 3.95. The number of amides is 1. The molecular weight excluding hydrogens is 301 g/mol. The molecule has 0 fully saturated rings. The number of rotatable bonds is 5. The summed E-state index contributed by atoms with van der Waals surface area (Å²) in [7, 11) is 3.30. The van der Waals surface area contributed by atoms with Crippen molar-refractivity contribution in [3.8, 4) is 16.9 Å². The van der Waals surface area contributed by atoms with Crippen LogP contribution in [0.2, 0.25) is 0 Å². The number of benzene rings is 2. The topological polar surface area (TPSA) is 29.5 Å². The van der Waals surface area contributed by atoms with E-state index in [0.717, 1.165) is 16.0 Å². The molecule has 0 aliphatic heterocycles. The Hall–Kier alpha value is -2.01. The van der Waals surface area contributed by atoms with Crippen LogP contribution in [-0.4, -0.2) is 37.8 Å². The Kier molecular flexibility index (Phi) is 5.44. The normalized spacial score (nSPS) is 10.4. The molecule has 0 saturated carbocycles. The summed E-state index contributed by atoms with van der Waals surface area (Å²) in [5.74, 6) is -0.211. The fraction of sp³-hybridized carbons (Fsp3) is 0.235. The van der Waals surface area contributed by atoms with Crippen LogP contribution in [0.3, 0.4) is 0 Å². The van der Waals surface area contributed by atoms with E-state index in [1.807, 2.05) is 30.5 Å². The summed E-state index contributed by atoms with van der Waals surface area (Å²) in [4.78, 5) is 14.1. The van der Waals surface area contributed by atoms with Crippen molar-refractivity contribution < 1.29 is 13.9 Å². The maximum atomic E-state index is 13.8. The largest absolute Gasteiger partial charge is 0.484 e. The number of thioether (sulfide) groups is 1. The monoisotopic (exact) mass is 319 g/mol. The van der Waals surface area contributed by atoms with Gasteiger partial charge in [0.1, 0.15) is 11.6 Å². The summed E-state index contributed by atoms with van der Waals surface area (Å²) < 4.78 is 19.3. The van der Waals surface area contributed by atoms with Crippen LogP contribution < -0.4 is 4.74 Å². The van der Waals surface area contributed by atoms with Gasteiger partial charge in [-0.05, 0) is 35.6 Å². The molecule has 2 rings (SSSR count). The van der Waals surface area contributed by atoms with Gasteiger partial charge in [-0.15, -0.1) is 11.8 Å². The van der Waals surface area contributed by atoms with E-state index < -0.39 is 0 Å². The average molecular weight is 319 g/mol. The van der Waals surface area contributed by atoms with Crippen molar-refractivity contribution in [3.63, 3.8) is 0 Å². The molecule has 2 aromatic rings. The minimum Gasteiger partial charge on any atom is -0.484 e. The second-order valence-corrected chi connectivity index (χ2v) is 5.80. The van der Waals surface area contributed by atoms with Crippen molar-refractivity contribution in [2.45, 2.75) is 4.90 Å². The van der Waals surface area contributed by atoms with Crippen LogP contribution in [0.25, 0.3) is 11.1 Å². The average Bonchev–Trinajstić information content (AvgIpc) is 2.51. The second kappa shape index (κ2) is 7.31. The van der Waals surface area contributed by atoms with Crippen molar-refractivity contribution in [3.05, 3.63) is 48.3 Å². The standard InChI is InChI=1S/C17H18FNO2S/c1-19(2)17(20)11-21-14-9-12(8-13(18)10-14)15-6-4-5-7-16(15)22-3/h4-10H,11H2,1-3H3. The molecule has 116 valence electrons. The first kappa shape index (κ1) is 16.4. The van der Waals surface area contributed by atoms with E-state index in [1.165, 1.54) is 17.0 Å². The number of halogens is 1. The number of hydrogen-bond donors (Lipinski definition) is 0. The molecule has 3 nitrogen and oxygen atoms in total. The van der Waals surface area contributed by atoms with Gasteiger partial charge >= 0.3 is 0 Å². The van der Waals surface area contributed by atoms with Crippen LogP contribution >= 0.6 is 11.8 Å². The van der Waals surface area contributed by atoms with Crippen molar-refractivity contribution in [2.75, 3.05) is 27.0 Å². The maximum absolute atomic E-state index is 13.8. The molecule has 22 heavy (non-hydrogen) atoms. The van der Waals surface area contributed by atoms with Crippen molar-refractivity contribution in [2.24, 2.45) is 0 Å². The molecule has 0 saturated heterocycles. The Labute approximate surface area is 134 Å². The number of carbonyl (C=O) groups is 1. The van der Waals surface area contributed by atoms with Gasteiger partial charge in [-0.3, -0.25) is 4.79 Å². The lowest BCUT2D eigenvalue weighted by molar-refractivity contribution is -0.130. The summed E-state index contributed by atoms with van der Waals surface area (Å²) in [5.41, 5.74) is 1.68. The van der Waals surface area contributed by atoms with Crippen molar-refractivity contribution in [1.29, 1.82) is 0 Å². The predicted octanol–water partition coefficient (Wildman–Crippen LogP) is 3.68. The van der Waals surface area contributed by atoms with Crippen LogP contribution in [0.5, 0.6) is 5.75 Å². The Morgan fingerprint density at radius 1 is 1.23 bits per heavy atom. The van der Waals surface area contributed by atoms with Crippen LogP contribution in [0.1, 0.15) is 0 Å². The van der Waals surface area contributed by atoms with Crippen molar-refractivity contribution in [1.82, 2.24) is 4.90 Å². The van der Waals surface area contributed by atoms with Gasteiger partial charge < -0.3 is 9.64 Å². The van der Waals surface area contributed by atoms with Gasteiger partial charge in [0, 0.05) is 25.1 Å². The van der Waals surface area contributed by atoms with E-state index in [9.17, 15) is 9.18 Å². The van der Waals surface area contributed by atoms with Gasteiger partial charge in [0.25, 0.3) is 5.91 Å². The Balaban J connectivity index is 2.29. The summed E-state index contributed by atoms with van der Waals surface area (Å²) in [6.07, 6.45) is 1.98. The van der Waals surface area contributed by atoms with Crippen LogP contribution in [-0.2, 0) is 4.79 Å². The van der Waals surface area contributed by atoms with E-state index in [0.29, 0.717) is 5.75 Å². The third-order valence-electron chi connectivity index (χ3n) is 3.15. The van der Waals surface area contributed by atoms with E-state index in [1.54, 1.807) is 31.9 Å². The molecule has 1 amide bonds. The molecule has 0 atom stereocenters. The zero-order chi connectivity index (χ0) is 16.1. The lowest BCUT2D eigenvalue weighted by Gasteiger charge is -2.13. The second-order valence-electron chi connectivity index (χ2n) is 4.95. The van der Waals surface area contributed by atoms with E-state index in [2.05, 4.69) is 0 Å². The van der Waals surface area contributed by atoms with Gasteiger partial charge in [-0.2, -0.15) is 0 Å². The summed E-state index contributed by atoms with van der Waals surface area (Å²) >= 11 is 1.60. The SMILES string of the molecule is CSc1ccccc1-c1cc(F)cc(OCC(=O)N(C)C)c1. The van der Waals surface area contributed by atoms with Gasteiger partial charge in [-0.25, -0.2) is 4.39 Å². The number of carbonyl (C=O) groups excluding carboxylic acids is 1. The molecule has 5 heteroatoms. The highest BCUT2D eigenvalue weighted by Gasteiger charge is 2.10. The first-order valence-electron chi connectivity index (χ1n) is 6.78. The minimum atomic E-state index is -0.388. The van der Waals surface area contributed by atoms with Crippen molar-refractivity contribution >= 4 is 17.7 Å². The fourth-order valence-corrected chi connectivity index (χ4v) is 2.58. The smallest absolute Gasteiger partial charge is 0.259 e. The van der Waals surface area contributed by atoms with Gasteiger partial charge in [-0.1, -0.05) is 18.2 Å². The molecule has 0 aliphatic rings. The number of nitrogens with zero attached hydrogens (tertiary/aromatic N) is 1. The van der Waals surface area contributed by atoms with Crippen LogP contribution in [0.15, 0.2) is 47.4 Å². The highest BCUT2D eigenvalue weighted by molar-refractivity contribution is 7.98. The molecule has 0 radical (unpaired) electrons. The van der Waals surface area contributed by atoms with E-state index >= 15 is 0 Å². The fourth-order valence-electron chi connectivity index (χ4n) is 1.96. The van der Waals surface area contributed by atoms with Gasteiger partial charge in [0.05, 0.1) is 0 Å². The number of ether oxygens (including phenoxy) is 1. The zero-order valence-electron chi connectivity index (χ0n) is 12.8. The van der Waals surface area contributed by atoms with Crippen LogP contribution in [0.4, 0.5) is 4.39 Å². The molecule has 0 aromatic heterocycles. The summed E-state index contributed by atoms with van der Waals surface area (Å²) in [6, 6.07) is 12.3. The molecule has 2 aromatic carbocycles. The molecular formula is C17H18FNO2S. The highest BCUT2D eigenvalue weighted by atomic mass is 32.2. The third kappa shape index (κ3) is 4.01. The molecule has 0 bridgehead atoms. The van der Waals surface area contributed by atoms with E-state index in [4.69, 9.17) is 4.74 Å². The highest BCUT2D eigenvalue weighted by Crippen LogP contribution is 2.32. The zero-order valence-corrected chi connectivity index (χ0v) is 13.6. The summed E-state index contributed by atoms with van der Waals surface area (Å²) in [6.45, 7) is -0.111. The Morgan fingerprint density at radius 2 is 1.95 bits per heavy atom. The predicted molar refractivity (Wildman–Crippen MR) is 87.8 cm³/mol. The molecule has 0 unspecified atom stereocenters.